The first-order valence-electron chi connectivity index (χ1n) is 4.02. The van der Waals surface area contributed by atoms with Gasteiger partial charge < -0.3 is 8.37 Å². The molecule has 0 aliphatic heterocycles. The summed E-state index contributed by atoms with van der Waals surface area (Å²) in [5.41, 5.74) is 0. The molecule has 13 heavy (non-hydrogen) atoms. The molecule has 0 bridgehead atoms. The fourth-order valence-electron chi connectivity index (χ4n) is 0.680. The molecule has 0 spiro atoms. The maximum atomic E-state index is 5.28. The highest BCUT2D eigenvalue weighted by Crippen LogP contribution is 2.11. The topological polar surface area (TPSA) is 18.5 Å². The zero-order valence-corrected chi connectivity index (χ0v) is 13.3. The number of unbranched alkanes of at least 4 members (excludes halogenated alkanes) is 2. The molecule has 0 heterocycles. The van der Waals surface area contributed by atoms with Crippen molar-refractivity contribution in [2.75, 3.05) is 20.7 Å². The molecule has 0 aromatic heterocycles. The molecule has 0 aromatic rings. The summed E-state index contributed by atoms with van der Waals surface area (Å²) in [4.78, 5) is 0. The highest BCUT2D eigenvalue weighted by Gasteiger charge is 1.92. The molecule has 0 amide bonds. The van der Waals surface area contributed by atoms with Gasteiger partial charge in [-0.3, -0.25) is 0 Å². The second kappa shape index (κ2) is 14.1. The van der Waals surface area contributed by atoms with Gasteiger partial charge in [-0.1, -0.05) is 51.6 Å². The van der Waals surface area contributed by atoms with Crippen molar-refractivity contribution in [1.82, 2.24) is 0 Å². The third kappa shape index (κ3) is 14.1. The van der Waals surface area contributed by atoms with Gasteiger partial charge in [-0.25, -0.2) is 0 Å². The largest absolute Gasteiger partial charge is 0.315 e. The van der Waals surface area contributed by atoms with E-state index in [1.54, 1.807) is 12.0 Å². The van der Waals surface area contributed by atoms with Crippen LogP contribution in [-0.4, -0.2) is 20.7 Å². The Balaban J connectivity index is 2.76. The average Bonchev–Trinajstić information content (AvgIpc) is 2.16. The van der Waals surface area contributed by atoms with E-state index < -0.39 is 0 Å². The van der Waals surface area contributed by atoms with E-state index in [2.05, 4.69) is 45.2 Å². The molecule has 0 fully saturated rings. The van der Waals surface area contributed by atoms with Crippen LogP contribution in [0.3, 0.4) is 0 Å². The van der Waals surface area contributed by atoms with Crippen LogP contribution in [0.5, 0.6) is 0 Å². The smallest absolute Gasteiger partial charge is 0.113 e. The van der Waals surface area contributed by atoms with Gasteiger partial charge >= 0.3 is 0 Å². The van der Waals surface area contributed by atoms with Crippen LogP contribution in [0.15, 0.2) is 0 Å². The standard InChI is InChI=1S/C7H14I2O2S2/c8-6-11-12-5-3-1-2-4-10-13-7-9/h1-7H2. The third-order valence-electron chi connectivity index (χ3n) is 1.21. The lowest BCUT2D eigenvalue weighted by Crippen LogP contribution is -1.89. The minimum Gasteiger partial charge on any atom is -0.315 e. The Bertz CT molecular complexity index is 88.6. The molecular formula is C7H14I2O2S2. The van der Waals surface area contributed by atoms with Gasteiger partial charge in [0.05, 0.1) is 10.4 Å². The van der Waals surface area contributed by atoms with E-state index in [1.807, 2.05) is 0 Å². The van der Waals surface area contributed by atoms with Gasteiger partial charge in [-0.15, -0.1) is 0 Å². The van der Waals surface area contributed by atoms with Crippen molar-refractivity contribution in [3.8, 4) is 0 Å². The predicted octanol–water partition coefficient (Wildman–Crippen LogP) is 4.27. The van der Waals surface area contributed by atoms with Crippen LogP contribution in [-0.2, 0) is 8.37 Å². The van der Waals surface area contributed by atoms with Crippen molar-refractivity contribution in [1.29, 1.82) is 0 Å². The van der Waals surface area contributed by atoms with Crippen LogP contribution in [0.4, 0.5) is 0 Å². The molecule has 0 aliphatic carbocycles. The first-order chi connectivity index (χ1) is 6.41. The van der Waals surface area contributed by atoms with E-state index in [4.69, 9.17) is 8.37 Å². The monoisotopic (exact) mass is 448 g/mol. The first kappa shape index (κ1) is 15.1. The summed E-state index contributed by atoms with van der Waals surface area (Å²) < 4.78 is 12.2. The van der Waals surface area contributed by atoms with Crippen molar-refractivity contribution in [3.63, 3.8) is 0 Å². The molecule has 0 saturated heterocycles. The second-order valence-electron chi connectivity index (χ2n) is 2.16. The molecule has 0 unspecified atom stereocenters. The Labute approximate surface area is 116 Å². The van der Waals surface area contributed by atoms with Crippen LogP contribution in [0.25, 0.3) is 0 Å². The van der Waals surface area contributed by atoms with Crippen LogP contribution >= 0.6 is 69.3 Å². The zero-order valence-electron chi connectivity index (χ0n) is 7.34. The van der Waals surface area contributed by atoms with E-state index in [0.717, 1.165) is 27.2 Å². The molecular weight excluding hydrogens is 434 g/mol. The van der Waals surface area contributed by atoms with E-state index in [9.17, 15) is 0 Å². The number of hydrogen-bond donors (Lipinski definition) is 0. The van der Waals surface area contributed by atoms with Crippen molar-refractivity contribution in [3.05, 3.63) is 0 Å². The van der Waals surface area contributed by atoms with Crippen LogP contribution in [0.1, 0.15) is 19.3 Å². The average molecular weight is 448 g/mol. The first-order valence-corrected chi connectivity index (χ1v) is 8.90. The molecule has 0 N–H and O–H groups in total. The van der Waals surface area contributed by atoms with Crippen LogP contribution in [0, 0.1) is 0 Å². The van der Waals surface area contributed by atoms with Gasteiger partial charge in [0.15, 0.2) is 0 Å². The lowest BCUT2D eigenvalue weighted by molar-refractivity contribution is 0.359. The molecule has 6 heteroatoms. The molecule has 0 radical (unpaired) electrons. The van der Waals surface area contributed by atoms with Crippen LogP contribution in [0.2, 0.25) is 0 Å². The molecule has 2 nitrogen and oxygen atoms in total. The lowest BCUT2D eigenvalue weighted by atomic mass is 10.3. The molecule has 0 aromatic carbocycles. The van der Waals surface area contributed by atoms with Gasteiger partial charge in [0.2, 0.25) is 0 Å². The summed E-state index contributed by atoms with van der Waals surface area (Å²) >= 11 is 7.60. The van der Waals surface area contributed by atoms with Gasteiger partial charge in [0.1, 0.15) is 4.61 Å². The van der Waals surface area contributed by atoms with E-state index in [-0.39, 0.29) is 0 Å². The highest BCUT2D eigenvalue weighted by atomic mass is 127. The SMILES string of the molecule is ICOSCCCCCOSCI. The fourth-order valence-corrected chi connectivity index (χ4v) is 2.56. The van der Waals surface area contributed by atoms with E-state index >= 15 is 0 Å². The fraction of sp³-hybridized carbons (Fsp3) is 1.00. The summed E-state index contributed by atoms with van der Waals surface area (Å²) in [5, 5.41) is 0. The molecule has 80 valence electrons. The Kier molecular flexibility index (Phi) is 16.3. The molecule has 0 saturated carbocycles. The van der Waals surface area contributed by atoms with Gasteiger partial charge in [-0.05, 0) is 24.9 Å². The van der Waals surface area contributed by atoms with Crippen molar-refractivity contribution in [2.45, 2.75) is 19.3 Å². The van der Waals surface area contributed by atoms with Gasteiger partial charge in [-0.2, -0.15) is 0 Å². The predicted molar refractivity (Wildman–Crippen MR) is 78.7 cm³/mol. The van der Waals surface area contributed by atoms with Gasteiger partial charge in [0.25, 0.3) is 0 Å². The van der Waals surface area contributed by atoms with Crippen molar-refractivity contribution < 1.29 is 8.37 Å². The van der Waals surface area contributed by atoms with E-state index in [0.29, 0.717) is 0 Å². The van der Waals surface area contributed by atoms with E-state index in [1.165, 1.54) is 24.9 Å². The maximum absolute atomic E-state index is 5.28. The Morgan fingerprint density at radius 3 is 2.46 bits per heavy atom. The van der Waals surface area contributed by atoms with Crippen LogP contribution < -0.4 is 0 Å². The minimum atomic E-state index is 0.776. The second-order valence-corrected chi connectivity index (χ2v) is 6.22. The minimum absolute atomic E-state index is 0.776. The Hall–Kier alpha value is 2.08. The van der Waals surface area contributed by atoms with Gasteiger partial charge in [0, 0.05) is 17.8 Å². The highest BCUT2D eigenvalue weighted by molar-refractivity contribution is 14.1. The normalized spacial score (nSPS) is 10.6. The Morgan fingerprint density at radius 1 is 0.923 bits per heavy atom. The number of hydrogen-bond acceptors (Lipinski definition) is 4. The van der Waals surface area contributed by atoms with Crippen molar-refractivity contribution >= 4 is 69.3 Å². The Morgan fingerprint density at radius 2 is 1.77 bits per heavy atom. The maximum Gasteiger partial charge on any atom is 0.113 e. The molecule has 0 aliphatic rings. The zero-order chi connectivity index (χ0) is 9.78. The summed E-state index contributed by atoms with van der Waals surface area (Å²) in [6.45, 7) is 0.880. The van der Waals surface area contributed by atoms with Crippen molar-refractivity contribution in [2.24, 2.45) is 0 Å². The third-order valence-corrected chi connectivity index (χ3v) is 3.87. The quantitative estimate of drug-likeness (QED) is 0.215. The number of rotatable bonds is 10. The summed E-state index contributed by atoms with van der Waals surface area (Å²) in [6.07, 6.45) is 3.62. The number of alkyl halides is 2. The molecule has 0 atom stereocenters. The summed E-state index contributed by atoms with van der Waals surface area (Å²) in [5.74, 6) is 1.10. The number of halogens is 2. The molecule has 0 rings (SSSR count). The summed E-state index contributed by atoms with van der Waals surface area (Å²) in [6, 6.07) is 0. The lowest BCUT2D eigenvalue weighted by Gasteiger charge is -2.00. The summed E-state index contributed by atoms with van der Waals surface area (Å²) in [7, 11) is 0.